The molecule has 0 spiro atoms. The molecule has 0 radical (unpaired) electrons. The van der Waals surface area contributed by atoms with Gasteiger partial charge >= 0.3 is 5.97 Å². The molecule has 0 atom stereocenters. The Morgan fingerprint density at radius 3 is 2.59 bits per heavy atom. The molecule has 1 N–H and O–H groups in total. The number of aliphatic carboxylic acids is 1. The first-order valence-electron chi connectivity index (χ1n) is 6.17. The second-order valence-corrected chi connectivity index (χ2v) is 5.74. The van der Waals surface area contributed by atoms with Gasteiger partial charge in [-0.25, -0.2) is 0 Å². The van der Waals surface area contributed by atoms with E-state index < -0.39 is 5.97 Å². The molecular weight excluding hydrogens is 232 g/mol. The summed E-state index contributed by atoms with van der Waals surface area (Å²) in [7, 11) is 0. The van der Waals surface area contributed by atoms with E-state index in [4.69, 9.17) is 5.11 Å². The van der Waals surface area contributed by atoms with E-state index in [0.717, 1.165) is 18.8 Å². The van der Waals surface area contributed by atoms with Crippen LogP contribution in [0.1, 0.15) is 31.2 Å². The van der Waals surface area contributed by atoms with Crippen LogP contribution in [0.25, 0.3) is 0 Å². The van der Waals surface area contributed by atoms with Gasteiger partial charge in [-0.15, -0.1) is 11.8 Å². The lowest BCUT2D eigenvalue weighted by molar-refractivity contribution is -0.137. The summed E-state index contributed by atoms with van der Waals surface area (Å²) in [6, 6.07) is 8.56. The van der Waals surface area contributed by atoms with Gasteiger partial charge < -0.3 is 5.11 Å². The minimum absolute atomic E-state index is 0.262. The molecule has 0 saturated heterocycles. The third-order valence-electron chi connectivity index (χ3n) is 2.96. The fourth-order valence-corrected chi connectivity index (χ4v) is 2.78. The van der Waals surface area contributed by atoms with Crippen molar-refractivity contribution in [1.29, 1.82) is 0 Å². The van der Waals surface area contributed by atoms with Crippen molar-refractivity contribution in [3.05, 3.63) is 29.8 Å². The van der Waals surface area contributed by atoms with Gasteiger partial charge in [-0.1, -0.05) is 12.1 Å². The molecule has 0 bridgehead atoms. The molecule has 1 saturated carbocycles. The Labute approximate surface area is 106 Å². The van der Waals surface area contributed by atoms with E-state index in [1.54, 1.807) is 0 Å². The summed E-state index contributed by atoms with van der Waals surface area (Å²) < 4.78 is 0. The van der Waals surface area contributed by atoms with Crippen LogP contribution in [0.5, 0.6) is 0 Å². The number of aryl methyl sites for hydroxylation is 1. The van der Waals surface area contributed by atoms with Gasteiger partial charge in [0.15, 0.2) is 0 Å². The van der Waals surface area contributed by atoms with Crippen LogP contribution in [0.3, 0.4) is 0 Å². The highest BCUT2D eigenvalue weighted by atomic mass is 32.2. The summed E-state index contributed by atoms with van der Waals surface area (Å²) >= 11 is 1.93. The van der Waals surface area contributed by atoms with Crippen molar-refractivity contribution in [1.82, 2.24) is 0 Å². The van der Waals surface area contributed by atoms with Crippen LogP contribution < -0.4 is 0 Å². The van der Waals surface area contributed by atoms with Gasteiger partial charge in [0.1, 0.15) is 0 Å². The number of hydrogen-bond donors (Lipinski definition) is 1. The molecule has 2 nitrogen and oxygen atoms in total. The van der Waals surface area contributed by atoms with Crippen LogP contribution in [-0.2, 0) is 11.2 Å². The second-order valence-electron chi connectivity index (χ2n) is 4.65. The number of benzene rings is 1. The van der Waals surface area contributed by atoms with Crippen LogP contribution in [0.4, 0.5) is 0 Å². The highest BCUT2D eigenvalue weighted by Gasteiger charge is 2.20. The molecular formula is C14H18O2S. The molecule has 1 aliphatic carbocycles. The number of carboxylic acid groups (broad SMARTS) is 1. The van der Waals surface area contributed by atoms with Gasteiger partial charge in [-0.2, -0.15) is 0 Å². The monoisotopic (exact) mass is 250 g/mol. The first kappa shape index (κ1) is 12.5. The summed E-state index contributed by atoms with van der Waals surface area (Å²) in [5.74, 6) is 1.50. The predicted molar refractivity (Wildman–Crippen MR) is 70.5 cm³/mol. The first-order valence-corrected chi connectivity index (χ1v) is 7.16. The van der Waals surface area contributed by atoms with Crippen molar-refractivity contribution < 1.29 is 9.90 Å². The van der Waals surface area contributed by atoms with Crippen LogP contribution in [0, 0.1) is 5.92 Å². The van der Waals surface area contributed by atoms with Crippen LogP contribution in [0.15, 0.2) is 29.2 Å². The second kappa shape index (κ2) is 6.10. The van der Waals surface area contributed by atoms with Gasteiger partial charge in [-0.05, 0) is 49.3 Å². The van der Waals surface area contributed by atoms with Gasteiger partial charge in [0.05, 0.1) is 0 Å². The Hall–Kier alpha value is -0.960. The maximum atomic E-state index is 10.4. The van der Waals surface area contributed by atoms with Crippen LogP contribution >= 0.6 is 11.8 Å². The zero-order valence-corrected chi connectivity index (χ0v) is 10.7. The highest BCUT2D eigenvalue weighted by Crippen LogP contribution is 2.35. The summed E-state index contributed by atoms with van der Waals surface area (Å²) in [6.45, 7) is 0. The van der Waals surface area contributed by atoms with E-state index in [2.05, 4.69) is 24.3 Å². The zero-order valence-electron chi connectivity index (χ0n) is 9.89. The van der Waals surface area contributed by atoms with Crippen LogP contribution in [0.2, 0.25) is 0 Å². The minimum Gasteiger partial charge on any atom is -0.481 e. The smallest absolute Gasteiger partial charge is 0.303 e. The molecule has 2 rings (SSSR count). The van der Waals surface area contributed by atoms with Crippen molar-refractivity contribution in [2.45, 2.75) is 37.0 Å². The average Bonchev–Trinajstić information content (AvgIpc) is 3.11. The van der Waals surface area contributed by atoms with E-state index in [1.165, 1.54) is 29.1 Å². The SMILES string of the molecule is O=C(O)CCCc1ccc(SCC2CC2)cc1. The van der Waals surface area contributed by atoms with Gasteiger partial charge in [0.2, 0.25) is 0 Å². The Morgan fingerprint density at radius 1 is 1.29 bits per heavy atom. The summed E-state index contributed by atoms with van der Waals surface area (Å²) in [5, 5.41) is 8.56. The van der Waals surface area contributed by atoms with Crippen molar-refractivity contribution in [2.75, 3.05) is 5.75 Å². The summed E-state index contributed by atoms with van der Waals surface area (Å²) in [5.41, 5.74) is 1.24. The Balaban J connectivity index is 1.73. The molecule has 0 unspecified atom stereocenters. The number of thioether (sulfide) groups is 1. The van der Waals surface area contributed by atoms with Gasteiger partial charge in [0, 0.05) is 17.1 Å². The van der Waals surface area contributed by atoms with Crippen LogP contribution in [-0.4, -0.2) is 16.8 Å². The molecule has 0 aliphatic heterocycles. The fourth-order valence-electron chi connectivity index (χ4n) is 1.69. The standard InChI is InChI=1S/C14H18O2S/c15-14(16)3-1-2-11-6-8-13(9-7-11)17-10-12-4-5-12/h6-9,12H,1-5,10H2,(H,15,16). The minimum atomic E-state index is -0.707. The van der Waals surface area contributed by atoms with Crippen molar-refractivity contribution in [3.63, 3.8) is 0 Å². The lowest BCUT2D eigenvalue weighted by Gasteiger charge is -2.03. The lowest BCUT2D eigenvalue weighted by atomic mass is 10.1. The molecule has 92 valence electrons. The molecule has 17 heavy (non-hydrogen) atoms. The maximum Gasteiger partial charge on any atom is 0.303 e. The molecule has 1 aromatic rings. The van der Waals surface area contributed by atoms with Crippen molar-refractivity contribution in [2.24, 2.45) is 5.92 Å². The molecule has 1 fully saturated rings. The Morgan fingerprint density at radius 2 is 2.00 bits per heavy atom. The molecule has 1 aliphatic rings. The first-order chi connectivity index (χ1) is 8.24. The predicted octanol–water partition coefficient (Wildman–Crippen LogP) is 3.60. The highest BCUT2D eigenvalue weighted by molar-refractivity contribution is 7.99. The molecule has 1 aromatic carbocycles. The molecule has 0 amide bonds. The van der Waals surface area contributed by atoms with E-state index in [-0.39, 0.29) is 6.42 Å². The molecule has 0 heterocycles. The quantitative estimate of drug-likeness (QED) is 0.751. The largest absolute Gasteiger partial charge is 0.481 e. The topological polar surface area (TPSA) is 37.3 Å². The Kier molecular flexibility index (Phi) is 4.49. The lowest BCUT2D eigenvalue weighted by Crippen LogP contribution is -1.95. The normalized spacial score (nSPS) is 14.8. The average molecular weight is 250 g/mol. The third-order valence-corrected chi connectivity index (χ3v) is 4.21. The Bertz CT molecular complexity index is 368. The fraction of sp³-hybridized carbons (Fsp3) is 0.500. The third kappa shape index (κ3) is 4.82. The zero-order chi connectivity index (χ0) is 12.1. The summed E-state index contributed by atoms with van der Waals surface area (Å²) in [6.07, 6.45) is 4.66. The van der Waals surface area contributed by atoms with Gasteiger partial charge in [0.25, 0.3) is 0 Å². The number of hydrogen-bond acceptors (Lipinski definition) is 2. The summed E-state index contributed by atoms with van der Waals surface area (Å²) in [4.78, 5) is 11.7. The van der Waals surface area contributed by atoms with E-state index >= 15 is 0 Å². The number of rotatable bonds is 7. The van der Waals surface area contributed by atoms with E-state index in [9.17, 15) is 4.79 Å². The van der Waals surface area contributed by atoms with E-state index in [0.29, 0.717) is 0 Å². The number of carboxylic acids is 1. The number of carbonyl (C=O) groups is 1. The van der Waals surface area contributed by atoms with E-state index in [1.807, 2.05) is 11.8 Å². The van der Waals surface area contributed by atoms with Crippen molar-refractivity contribution >= 4 is 17.7 Å². The molecule has 3 heteroatoms. The van der Waals surface area contributed by atoms with Crippen molar-refractivity contribution in [3.8, 4) is 0 Å². The van der Waals surface area contributed by atoms with Gasteiger partial charge in [-0.3, -0.25) is 4.79 Å². The molecule has 0 aromatic heterocycles. The maximum absolute atomic E-state index is 10.4.